The third-order valence-corrected chi connectivity index (χ3v) is 5.81. The molecule has 1 aliphatic carbocycles. The summed E-state index contributed by atoms with van der Waals surface area (Å²) in [4.78, 5) is 5.25. The minimum atomic E-state index is 0.393. The first-order valence-electron chi connectivity index (χ1n) is 10.2. The van der Waals surface area contributed by atoms with E-state index in [9.17, 15) is 0 Å². The van der Waals surface area contributed by atoms with Crippen LogP contribution in [-0.2, 0) is 4.74 Å². The maximum atomic E-state index is 5.97. The Morgan fingerprint density at radius 3 is 2.09 bits per heavy atom. The van der Waals surface area contributed by atoms with Gasteiger partial charge < -0.3 is 14.5 Å². The molecule has 23 heavy (non-hydrogen) atoms. The highest BCUT2D eigenvalue weighted by molar-refractivity contribution is 4.76. The third kappa shape index (κ3) is 7.11. The molecule has 136 valence electrons. The molecule has 1 saturated heterocycles. The smallest absolute Gasteiger partial charge is 0.0578 e. The molecule has 0 spiro atoms. The van der Waals surface area contributed by atoms with Crippen LogP contribution in [0.1, 0.15) is 66.2 Å². The second kappa shape index (κ2) is 10.0. The minimum absolute atomic E-state index is 0.393. The van der Waals surface area contributed by atoms with E-state index in [-0.39, 0.29) is 0 Å². The van der Waals surface area contributed by atoms with Crippen LogP contribution in [-0.4, -0.2) is 61.3 Å². The van der Waals surface area contributed by atoms with Crippen molar-refractivity contribution >= 4 is 0 Å². The van der Waals surface area contributed by atoms with E-state index in [1.165, 1.54) is 77.8 Å². The monoisotopic (exact) mass is 324 g/mol. The molecule has 0 aromatic heterocycles. The highest BCUT2D eigenvalue weighted by atomic mass is 16.5. The summed E-state index contributed by atoms with van der Waals surface area (Å²) in [6.45, 7) is 16.7. The van der Waals surface area contributed by atoms with E-state index >= 15 is 0 Å². The number of rotatable bonds is 8. The standard InChI is InChI=1S/C20H40N2O/c1-5-21-12-14-22(15-13-21)16-18(4)6-7-19-8-10-20(11-9-19)23-17(2)3/h17-20H,5-16H2,1-4H3/t18-,19?,20?/m0/s1. The number of ether oxygens (including phenoxy) is 1. The van der Waals surface area contributed by atoms with Gasteiger partial charge in [0.25, 0.3) is 0 Å². The Hall–Kier alpha value is -0.120. The van der Waals surface area contributed by atoms with E-state index in [1.54, 1.807) is 0 Å². The second-order valence-electron chi connectivity index (χ2n) is 8.24. The quantitative estimate of drug-likeness (QED) is 0.670. The summed E-state index contributed by atoms with van der Waals surface area (Å²) >= 11 is 0. The van der Waals surface area contributed by atoms with Crippen molar-refractivity contribution in [3.63, 3.8) is 0 Å². The van der Waals surface area contributed by atoms with Crippen molar-refractivity contribution in [1.29, 1.82) is 0 Å². The Morgan fingerprint density at radius 2 is 1.52 bits per heavy atom. The molecule has 3 nitrogen and oxygen atoms in total. The lowest BCUT2D eigenvalue weighted by atomic mass is 9.83. The van der Waals surface area contributed by atoms with Crippen LogP contribution in [0, 0.1) is 11.8 Å². The molecule has 2 aliphatic rings. The molecule has 2 fully saturated rings. The zero-order chi connectivity index (χ0) is 16.7. The predicted molar refractivity (Wildman–Crippen MR) is 98.9 cm³/mol. The summed E-state index contributed by atoms with van der Waals surface area (Å²) in [5.74, 6) is 1.81. The van der Waals surface area contributed by atoms with Gasteiger partial charge in [0, 0.05) is 32.7 Å². The van der Waals surface area contributed by atoms with E-state index in [0.717, 1.165) is 11.8 Å². The first kappa shape index (κ1) is 19.2. The van der Waals surface area contributed by atoms with Gasteiger partial charge in [0.05, 0.1) is 12.2 Å². The Bertz CT molecular complexity index is 305. The SMILES string of the molecule is CCN1CCN(C[C@@H](C)CCC2CCC(OC(C)C)CC2)CC1. The van der Waals surface area contributed by atoms with Crippen molar-refractivity contribution in [3.05, 3.63) is 0 Å². The van der Waals surface area contributed by atoms with Crippen molar-refractivity contribution in [1.82, 2.24) is 9.80 Å². The lowest BCUT2D eigenvalue weighted by molar-refractivity contribution is -0.0206. The molecule has 0 aromatic carbocycles. The largest absolute Gasteiger partial charge is 0.376 e. The molecule has 0 radical (unpaired) electrons. The van der Waals surface area contributed by atoms with Crippen molar-refractivity contribution in [2.24, 2.45) is 11.8 Å². The zero-order valence-electron chi connectivity index (χ0n) is 16.1. The maximum absolute atomic E-state index is 5.97. The van der Waals surface area contributed by atoms with Gasteiger partial charge in [-0.1, -0.05) is 20.3 Å². The van der Waals surface area contributed by atoms with Gasteiger partial charge in [0.15, 0.2) is 0 Å². The molecule has 3 heteroatoms. The molecule has 1 atom stereocenters. The van der Waals surface area contributed by atoms with Gasteiger partial charge >= 0.3 is 0 Å². The van der Waals surface area contributed by atoms with Gasteiger partial charge in [0.1, 0.15) is 0 Å². The van der Waals surface area contributed by atoms with Gasteiger partial charge in [-0.3, -0.25) is 0 Å². The van der Waals surface area contributed by atoms with Crippen LogP contribution in [0.3, 0.4) is 0 Å². The van der Waals surface area contributed by atoms with E-state index in [1.807, 2.05) is 0 Å². The molecule has 1 aliphatic heterocycles. The summed E-state index contributed by atoms with van der Waals surface area (Å²) in [5.41, 5.74) is 0. The predicted octanol–water partition coefficient (Wildman–Crippen LogP) is 4.02. The number of nitrogens with zero attached hydrogens (tertiary/aromatic N) is 2. The van der Waals surface area contributed by atoms with Crippen LogP contribution in [0.2, 0.25) is 0 Å². The summed E-state index contributed by atoms with van der Waals surface area (Å²) in [5, 5.41) is 0. The third-order valence-electron chi connectivity index (χ3n) is 5.81. The summed E-state index contributed by atoms with van der Waals surface area (Å²) in [7, 11) is 0. The number of hydrogen-bond acceptors (Lipinski definition) is 3. The minimum Gasteiger partial charge on any atom is -0.376 e. The van der Waals surface area contributed by atoms with E-state index in [2.05, 4.69) is 37.5 Å². The second-order valence-corrected chi connectivity index (χ2v) is 8.24. The molecule has 0 N–H and O–H groups in total. The molecule has 2 rings (SSSR count). The first-order valence-corrected chi connectivity index (χ1v) is 10.2. The van der Waals surface area contributed by atoms with Crippen LogP contribution in [0.15, 0.2) is 0 Å². The van der Waals surface area contributed by atoms with Crippen molar-refractivity contribution < 1.29 is 4.74 Å². The molecule has 1 saturated carbocycles. The van der Waals surface area contributed by atoms with Gasteiger partial charge in [-0.05, 0) is 64.3 Å². The lowest BCUT2D eigenvalue weighted by Crippen LogP contribution is -2.47. The van der Waals surface area contributed by atoms with Gasteiger partial charge in [-0.25, -0.2) is 0 Å². The van der Waals surface area contributed by atoms with E-state index < -0.39 is 0 Å². The fraction of sp³-hybridized carbons (Fsp3) is 1.00. The van der Waals surface area contributed by atoms with E-state index in [0.29, 0.717) is 12.2 Å². The van der Waals surface area contributed by atoms with Crippen LogP contribution in [0.4, 0.5) is 0 Å². The Kier molecular flexibility index (Phi) is 8.35. The zero-order valence-corrected chi connectivity index (χ0v) is 16.1. The average Bonchev–Trinajstić information content (AvgIpc) is 2.54. The molecule has 1 heterocycles. The topological polar surface area (TPSA) is 15.7 Å². The Balaban J connectivity index is 1.56. The lowest BCUT2D eigenvalue weighted by Gasteiger charge is -2.35. The van der Waals surface area contributed by atoms with Crippen LogP contribution < -0.4 is 0 Å². The van der Waals surface area contributed by atoms with Crippen molar-refractivity contribution in [2.45, 2.75) is 78.4 Å². The Morgan fingerprint density at radius 1 is 0.913 bits per heavy atom. The molecule has 0 aromatic rings. The highest BCUT2D eigenvalue weighted by Crippen LogP contribution is 2.31. The summed E-state index contributed by atoms with van der Waals surface area (Å²) < 4.78 is 5.97. The number of hydrogen-bond donors (Lipinski definition) is 0. The average molecular weight is 325 g/mol. The molecular formula is C20H40N2O. The van der Waals surface area contributed by atoms with Gasteiger partial charge in [-0.15, -0.1) is 0 Å². The molecule has 0 unspecified atom stereocenters. The van der Waals surface area contributed by atoms with Crippen LogP contribution in [0.25, 0.3) is 0 Å². The summed E-state index contributed by atoms with van der Waals surface area (Å²) in [6.07, 6.45) is 9.13. The van der Waals surface area contributed by atoms with Crippen LogP contribution >= 0.6 is 0 Å². The van der Waals surface area contributed by atoms with E-state index in [4.69, 9.17) is 4.74 Å². The maximum Gasteiger partial charge on any atom is 0.0578 e. The number of likely N-dealkylation sites (N-methyl/N-ethyl adjacent to an activating group) is 1. The van der Waals surface area contributed by atoms with Crippen molar-refractivity contribution in [2.75, 3.05) is 39.3 Å². The molecule has 0 amide bonds. The van der Waals surface area contributed by atoms with Gasteiger partial charge in [-0.2, -0.15) is 0 Å². The highest BCUT2D eigenvalue weighted by Gasteiger charge is 2.23. The first-order chi connectivity index (χ1) is 11.1. The number of piperazine rings is 1. The Labute approximate surface area is 144 Å². The van der Waals surface area contributed by atoms with Gasteiger partial charge in [0.2, 0.25) is 0 Å². The molecule has 0 bridgehead atoms. The normalized spacial score (nSPS) is 29.1. The fourth-order valence-corrected chi connectivity index (χ4v) is 4.28. The van der Waals surface area contributed by atoms with Crippen molar-refractivity contribution in [3.8, 4) is 0 Å². The fourth-order valence-electron chi connectivity index (χ4n) is 4.28. The molecular weight excluding hydrogens is 284 g/mol. The summed E-state index contributed by atoms with van der Waals surface area (Å²) in [6, 6.07) is 0. The van der Waals surface area contributed by atoms with Crippen LogP contribution in [0.5, 0.6) is 0 Å².